The molecular formula is C20H19ClN4O2. The minimum absolute atomic E-state index is 0.552. The Morgan fingerprint density at radius 1 is 0.889 bits per heavy atom. The molecule has 0 radical (unpaired) electrons. The van der Waals surface area contributed by atoms with Crippen molar-refractivity contribution in [3.63, 3.8) is 0 Å². The molecule has 6 nitrogen and oxygen atoms in total. The zero-order valence-corrected chi connectivity index (χ0v) is 15.8. The fourth-order valence-corrected chi connectivity index (χ4v) is 3.02. The van der Waals surface area contributed by atoms with Gasteiger partial charge in [0.25, 0.3) is 0 Å². The van der Waals surface area contributed by atoms with Crippen molar-refractivity contribution in [3.8, 4) is 11.5 Å². The molecule has 2 aromatic carbocycles. The topological polar surface area (TPSA) is 68.3 Å². The minimum Gasteiger partial charge on any atom is -0.486 e. The third kappa shape index (κ3) is 3.90. The van der Waals surface area contributed by atoms with E-state index in [1.54, 1.807) is 0 Å². The van der Waals surface area contributed by atoms with Crippen molar-refractivity contribution < 1.29 is 9.47 Å². The number of fused-ring (bicyclic) bond motifs is 1. The Labute approximate surface area is 162 Å². The lowest BCUT2D eigenvalue weighted by Gasteiger charge is -2.19. The van der Waals surface area contributed by atoms with Gasteiger partial charge >= 0.3 is 0 Å². The number of hydrogen-bond acceptors (Lipinski definition) is 6. The average molecular weight is 383 g/mol. The van der Waals surface area contributed by atoms with Crippen LogP contribution in [0.3, 0.4) is 0 Å². The van der Waals surface area contributed by atoms with Crippen molar-refractivity contribution in [3.05, 3.63) is 58.9 Å². The van der Waals surface area contributed by atoms with Gasteiger partial charge < -0.3 is 20.1 Å². The summed E-state index contributed by atoms with van der Waals surface area (Å²) in [6.45, 7) is 4.94. The summed E-state index contributed by atoms with van der Waals surface area (Å²) >= 11 is 6.20. The number of aryl methyl sites for hydroxylation is 1. The average Bonchev–Trinajstić information content (AvgIpc) is 2.65. The van der Waals surface area contributed by atoms with E-state index in [0.29, 0.717) is 35.7 Å². The Kier molecular flexibility index (Phi) is 4.73. The molecule has 7 heteroatoms. The molecule has 0 amide bonds. The van der Waals surface area contributed by atoms with Crippen molar-refractivity contribution in [2.24, 2.45) is 0 Å². The molecule has 0 saturated heterocycles. The Hall–Kier alpha value is -2.99. The highest BCUT2D eigenvalue weighted by molar-refractivity contribution is 6.31. The molecule has 27 heavy (non-hydrogen) atoms. The Morgan fingerprint density at radius 2 is 1.63 bits per heavy atom. The molecule has 0 atom stereocenters. The van der Waals surface area contributed by atoms with Crippen LogP contribution in [0.25, 0.3) is 0 Å². The van der Waals surface area contributed by atoms with Crippen LogP contribution in [0.2, 0.25) is 5.02 Å². The molecule has 0 aliphatic carbocycles. The van der Waals surface area contributed by atoms with Gasteiger partial charge in [-0.25, -0.2) is 9.97 Å². The van der Waals surface area contributed by atoms with Crippen LogP contribution < -0.4 is 20.1 Å². The van der Waals surface area contributed by atoms with Crippen LogP contribution in [-0.2, 0) is 0 Å². The smallest absolute Gasteiger partial charge is 0.163 e. The number of ether oxygens (including phenoxy) is 2. The summed E-state index contributed by atoms with van der Waals surface area (Å²) in [5, 5.41) is 7.31. The minimum atomic E-state index is 0.552. The van der Waals surface area contributed by atoms with E-state index in [4.69, 9.17) is 21.1 Å². The molecular weight excluding hydrogens is 364 g/mol. The Bertz CT molecular complexity index is 994. The van der Waals surface area contributed by atoms with E-state index in [2.05, 4.69) is 20.6 Å². The third-order valence-corrected chi connectivity index (χ3v) is 4.59. The van der Waals surface area contributed by atoms with E-state index in [1.807, 2.05) is 56.3 Å². The predicted molar refractivity (Wildman–Crippen MR) is 107 cm³/mol. The zero-order chi connectivity index (χ0) is 18.8. The van der Waals surface area contributed by atoms with Gasteiger partial charge in [0, 0.05) is 28.5 Å². The van der Waals surface area contributed by atoms with Gasteiger partial charge in [0.1, 0.15) is 30.7 Å². The number of nitrogens with zero attached hydrogens (tertiary/aromatic N) is 2. The van der Waals surface area contributed by atoms with Gasteiger partial charge in [-0.05, 0) is 43.7 Å². The van der Waals surface area contributed by atoms with Gasteiger partial charge in [-0.15, -0.1) is 0 Å². The lowest BCUT2D eigenvalue weighted by Crippen LogP contribution is -2.15. The van der Waals surface area contributed by atoms with Crippen LogP contribution >= 0.6 is 11.6 Å². The maximum Gasteiger partial charge on any atom is 0.163 e. The number of anilines is 4. The normalized spacial score (nSPS) is 12.6. The molecule has 0 fully saturated rings. The number of nitrogens with one attached hydrogen (secondary N) is 2. The third-order valence-electron chi connectivity index (χ3n) is 4.18. The fourth-order valence-electron chi connectivity index (χ4n) is 2.85. The molecule has 0 saturated carbocycles. The second-order valence-electron chi connectivity index (χ2n) is 6.21. The van der Waals surface area contributed by atoms with Crippen molar-refractivity contribution >= 4 is 34.6 Å². The van der Waals surface area contributed by atoms with Crippen molar-refractivity contribution in [2.45, 2.75) is 13.8 Å². The van der Waals surface area contributed by atoms with E-state index in [-0.39, 0.29) is 0 Å². The Balaban J connectivity index is 1.58. The first-order valence-corrected chi connectivity index (χ1v) is 9.01. The highest BCUT2D eigenvalue weighted by Gasteiger charge is 2.12. The number of aromatic nitrogens is 2. The quantitative estimate of drug-likeness (QED) is 0.661. The van der Waals surface area contributed by atoms with Crippen LogP contribution in [0.5, 0.6) is 11.5 Å². The molecule has 0 bridgehead atoms. The van der Waals surface area contributed by atoms with Gasteiger partial charge in [0.2, 0.25) is 0 Å². The van der Waals surface area contributed by atoms with Gasteiger partial charge in [0.15, 0.2) is 11.5 Å². The largest absolute Gasteiger partial charge is 0.486 e. The second kappa shape index (κ2) is 7.32. The lowest BCUT2D eigenvalue weighted by atomic mass is 10.2. The fraction of sp³-hybridized carbons (Fsp3) is 0.200. The maximum absolute atomic E-state index is 6.20. The predicted octanol–water partition coefficient (Wildman–Crippen LogP) is 5.01. The first-order valence-electron chi connectivity index (χ1n) is 8.63. The van der Waals surface area contributed by atoms with Crippen molar-refractivity contribution in [2.75, 3.05) is 23.8 Å². The summed E-state index contributed by atoms with van der Waals surface area (Å²) in [7, 11) is 0. The van der Waals surface area contributed by atoms with E-state index in [9.17, 15) is 0 Å². The summed E-state index contributed by atoms with van der Waals surface area (Å²) in [5.74, 6) is 3.50. The van der Waals surface area contributed by atoms with Crippen LogP contribution in [0, 0.1) is 13.8 Å². The van der Waals surface area contributed by atoms with E-state index in [1.165, 1.54) is 0 Å². The van der Waals surface area contributed by atoms with Crippen LogP contribution in [0.4, 0.5) is 23.0 Å². The van der Waals surface area contributed by atoms with Gasteiger partial charge in [-0.3, -0.25) is 0 Å². The first-order chi connectivity index (χ1) is 13.1. The standard InChI is InChI=1S/C20H19ClN4O2/c1-12-15(21)4-3-5-16(12)25-20-11-19(22-13(2)23-20)24-14-6-7-17-18(10-14)27-9-8-26-17/h3-7,10-11H,8-9H2,1-2H3,(H2,22,23,24,25). The molecule has 2 heterocycles. The highest BCUT2D eigenvalue weighted by atomic mass is 35.5. The molecule has 0 unspecified atom stereocenters. The lowest BCUT2D eigenvalue weighted by molar-refractivity contribution is 0.171. The molecule has 0 spiro atoms. The monoisotopic (exact) mass is 382 g/mol. The van der Waals surface area contributed by atoms with E-state index >= 15 is 0 Å². The molecule has 4 rings (SSSR count). The van der Waals surface area contributed by atoms with Crippen molar-refractivity contribution in [1.82, 2.24) is 9.97 Å². The summed E-state index contributed by atoms with van der Waals surface area (Å²) < 4.78 is 11.2. The van der Waals surface area contributed by atoms with E-state index < -0.39 is 0 Å². The van der Waals surface area contributed by atoms with Crippen LogP contribution in [0.1, 0.15) is 11.4 Å². The number of halogens is 1. The zero-order valence-electron chi connectivity index (χ0n) is 15.0. The first kappa shape index (κ1) is 17.4. The van der Waals surface area contributed by atoms with Gasteiger partial charge in [-0.1, -0.05) is 17.7 Å². The van der Waals surface area contributed by atoms with Crippen LogP contribution in [-0.4, -0.2) is 23.2 Å². The number of rotatable bonds is 4. The van der Waals surface area contributed by atoms with E-state index in [0.717, 1.165) is 28.4 Å². The Morgan fingerprint density at radius 3 is 2.44 bits per heavy atom. The molecule has 1 aliphatic heterocycles. The second-order valence-corrected chi connectivity index (χ2v) is 6.61. The van der Waals surface area contributed by atoms with Crippen LogP contribution in [0.15, 0.2) is 42.5 Å². The van der Waals surface area contributed by atoms with Crippen molar-refractivity contribution in [1.29, 1.82) is 0 Å². The SMILES string of the molecule is Cc1nc(Nc2ccc3c(c2)OCCO3)cc(Nc2cccc(Cl)c2C)n1. The summed E-state index contributed by atoms with van der Waals surface area (Å²) in [4.78, 5) is 8.92. The molecule has 138 valence electrons. The van der Waals surface area contributed by atoms with Gasteiger partial charge in [-0.2, -0.15) is 0 Å². The summed E-state index contributed by atoms with van der Waals surface area (Å²) in [6.07, 6.45) is 0. The molecule has 3 aromatic rings. The van der Waals surface area contributed by atoms with Gasteiger partial charge in [0.05, 0.1) is 0 Å². The summed E-state index contributed by atoms with van der Waals surface area (Å²) in [5.41, 5.74) is 2.74. The summed E-state index contributed by atoms with van der Waals surface area (Å²) in [6, 6.07) is 13.3. The number of hydrogen-bond donors (Lipinski definition) is 2. The molecule has 2 N–H and O–H groups in total. The maximum atomic E-state index is 6.20. The highest BCUT2D eigenvalue weighted by Crippen LogP contribution is 2.34. The molecule has 1 aliphatic rings. The number of benzene rings is 2. The molecule has 1 aromatic heterocycles.